The lowest BCUT2D eigenvalue weighted by Crippen LogP contribution is -2.70. The van der Waals surface area contributed by atoms with Gasteiger partial charge in [0.2, 0.25) is 23.6 Å². The molecule has 2 aromatic carbocycles. The van der Waals surface area contributed by atoms with Gasteiger partial charge in [0.25, 0.3) is 0 Å². The number of ether oxygens (including phenoxy) is 2. The standard InChI is InChI=1S/C49H56F2N4O11/c1-25(30-7-6-8-31(19-30)54-44(64)27(3)53-43(63)26(2)52-40(60)16-18-55-41(61)13-14-42(55)62)28-9-11-29(12-10-28)45-65-39-22-33-34-21-36(50)35-20-32(57)15-17-46(35,4)48(34,51)37(58)23-47(33,5)49(39,66-45)38(59)24-56/h6-15,17,19-20,25-27,33-34,36-37,39,41,45,56,58,61H,16,18,21-24H2,1-5H3,(H,52,60)(H,53,63)(H,54,64)/t25-,26+,27+,33+,34+,36+,37+,39-,41?,45-,46+,47+,48+,49-/m1/s1. The van der Waals surface area contributed by atoms with Crippen LogP contribution in [0.3, 0.4) is 0 Å². The molecular weight excluding hydrogens is 859 g/mol. The smallest absolute Gasteiger partial charge is 0.248 e. The van der Waals surface area contributed by atoms with E-state index in [1.165, 1.54) is 45.1 Å². The van der Waals surface area contributed by atoms with Crippen LogP contribution in [0.1, 0.15) is 89.2 Å². The minimum atomic E-state index is -2.36. The molecule has 15 nitrogen and oxygen atoms in total. The van der Waals surface area contributed by atoms with Crippen molar-refractivity contribution >= 4 is 40.9 Å². The Bertz CT molecular complexity index is 2430. The Morgan fingerprint density at radius 2 is 1.64 bits per heavy atom. The number of allylic oxidation sites excluding steroid dienone is 4. The summed E-state index contributed by atoms with van der Waals surface area (Å²) in [4.78, 5) is 77.5. The molecular formula is C49H56F2N4O11. The van der Waals surface area contributed by atoms with Crippen molar-refractivity contribution < 1.29 is 62.3 Å². The molecule has 352 valence electrons. The molecule has 0 spiro atoms. The van der Waals surface area contributed by atoms with Crippen molar-refractivity contribution in [3.8, 4) is 0 Å². The van der Waals surface area contributed by atoms with Crippen LogP contribution in [0.2, 0.25) is 0 Å². The van der Waals surface area contributed by atoms with Gasteiger partial charge in [-0.3, -0.25) is 28.8 Å². The molecule has 2 aliphatic heterocycles. The number of halogens is 2. The SMILES string of the molecule is C[C@H](c1ccc([C@@H]2O[C@@H]3C[C@H]4[C@@H]5C[C@H](F)C6=CC(=O)C=C[C@]6(C)[C@@]5(F)[C@@H](O)C[C@]4(C)[C@]3(C(=O)CO)O2)cc1)c1cccc(NC(=O)[C@H](C)NC(=O)[C@H](C)NC(=O)CCN2C(=O)C=CC2O)c1. The van der Waals surface area contributed by atoms with Crippen LogP contribution in [-0.4, -0.2) is 117 Å². The maximum atomic E-state index is 17.8. The lowest BCUT2D eigenvalue weighted by Gasteiger charge is -2.63. The fraction of sp³-hybridized carbons (Fsp3) is 0.510. The fourth-order valence-electron chi connectivity index (χ4n) is 11.7. The summed E-state index contributed by atoms with van der Waals surface area (Å²) in [5, 5.41) is 39.9. The largest absolute Gasteiger partial charge is 0.390 e. The molecule has 1 unspecified atom stereocenters. The van der Waals surface area contributed by atoms with Gasteiger partial charge in [-0.25, -0.2) is 8.78 Å². The number of benzene rings is 2. The minimum absolute atomic E-state index is 0.00221. The number of hydrogen-bond donors (Lipinski definition) is 6. The van der Waals surface area contributed by atoms with E-state index in [0.29, 0.717) is 11.3 Å². The molecule has 0 radical (unpaired) electrons. The summed E-state index contributed by atoms with van der Waals surface area (Å²) >= 11 is 0. The molecule has 0 aromatic heterocycles. The summed E-state index contributed by atoms with van der Waals surface area (Å²) in [6, 6.07) is 12.6. The van der Waals surface area contributed by atoms with Crippen molar-refractivity contribution in [3.05, 3.63) is 101 Å². The number of hydrogen-bond acceptors (Lipinski definition) is 11. The molecule has 4 fully saturated rings. The average Bonchev–Trinajstić information content (AvgIpc) is 3.91. The molecule has 8 rings (SSSR count). The molecule has 4 amide bonds. The van der Waals surface area contributed by atoms with Gasteiger partial charge in [0.15, 0.2) is 29.1 Å². The zero-order valence-electron chi connectivity index (χ0n) is 37.3. The van der Waals surface area contributed by atoms with E-state index in [1.807, 2.05) is 25.1 Å². The number of aliphatic hydroxyl groups excluding tert-OH is 3. The molecule has 2 aromatic rings. The number of rotatable bonds is 13. The summed E-state index contributed by atoms with van der Waals surface area (Å²) in [7, 11) is 0. The number of anilines is 1. The highest BCUT2D eigenvalue weighted by Gasteiger charge is 2.80. The number of nitrogens with zero attached hydrogens (tertiary/aromatic N) is 1. The summed E-state index contributed by atoms with van der Waals surface area (Å²) < 4.78 is 46.9. The Hall–Kier alpha value is -5.46. The minimum Gasteiger partial charge on any atom is -0.390 e. The second kappa shape index (κ2) is 17.3. The van der Waals surface area contributed by atoms with Crippen molar-refractivity contribution in [1.82, 2.24) is 15.5 Å². The molecule has 17 heteroatoms. The van der Waals surface area contributed by atoms with Crippen LogP contribution in [0.25, 0.3) is 0 Å². The molecule has 0 bridgehead atoms. The van der Waals surface area contributed by atoms with Crippen LogP contribution in [0.4, 0.5) is 14.5 Å². The van der Waals surface area contributed by atoms with E-state index >= 15 is 8.78 Å². The van der Waals surface area contributed by atoms with E-state index in [0.717, 1.165) is 22.1 Å². The Morgan fingerprint density at radius 3 is 2.32 bits per heavy atom. The summed E-state index contributed by atoms with van der Waals surface area (Å²) in [5.41, 5.74) is -4.19. The highest BCUT2D eigenvalue weighted by Crippen LogP contribution is 2.72. The lowest BCUT2D eigenvalue weighted by atomic mass is 9.44. The van der Waals surface area contributed by atoms with Gasteiger partial charge < -0.3 is 45.6 Å². The van der Waals surface area contributed by atoms with Gasteiger partial charge in [0, 0.05) is 53.0 Å². The molecule has 1 saturated heterocycles. The average molecular weight is 915 g/mol. The molecule has 6 aliphatic rings. The number of Topliss-reactive ketones (excluding diaryl/α,β-unsaturated/α-hetero) is 1. The maximum absolute atomic E-state index is 17.8. The number of fused-ring (bicyclic) bond motifs is 7. The monoisotopic (exact) mass is 914 g/mol. The summed E-state index contributed by atoms with van der Waals surface area (Å²) in [6.07, 6.45) is -0.756. The zero-order valence-corrected chi connectivity index (χ0v) is 37.3. The van der Waals surface area contributed by atoms with E-state index in [9.17, 15) is 44.1 Å². The third-order valence-corrected chi connectivity index (χ3v) is 15.4. The predicted molar refractivity (Wildman–Crippen MR) is 233 cm³/mol. The first kappa shape index (κ1) is 47.0. The van der Waals surface area contributed by atoms with Crippen molar-refractivity contribution in [2.75, 3.05) is 18.5 Å². The Balaban J connectivity index is 0.903. The van der Waals surface area contributed by atoms with E-state index < -0.39 is 119 Å². The number of ketones is 2. The number of aliphatic hydroxyl groups is 3. The van der Waals surface area contributed by atoms with Crippen molar-refractivity contribution in [1.29, 1.82) is 0 Å². The number of alkyl halides is 2. The Kier molecular flexibility index (Phi) is 12.3. The van der Waals surface area contributed by atoms with Gasteiger partial charge in [0.05, 0.1) is 12.2 Å². The number of carbonyl (C=O) groups is 6. The van der Waals surface area contributed by atoms with E-state index in [1.54, 1.807) is 37.3 Å². The maximum Gasteiger partial charge on any atom is 0.248 e. The molecule has 3 saturated carbocycles. The summed E-state index contributed by atoms with van der Waals surface area (Å²) in [6.45, 7) is 7.26. The Labute approximate surface area is 380 Å². The highest BCUT2D eigenvalue weighted by atomic mass is 19.1. The van der Waals surface area contributed by atoms with Crippen molar-refractivity contribution in [2.45, 2.75) is 120 Å². The van der Waals surface area contributed by atoms with E-state index in [4.69, 9.17) is 9.47 Å². The molecule has 14 atom stereocenters. The van der Waals surface area contributed by atoms with Gasteiger partial charge in [-0.05, 0) is 93.0 Å². The topological polar surface area (TPSA) is 221 Å². The van der Waals surface area contributed by atoms with Crippen molar-refractivity contribution in [2.24, 2.45) is 22.7 Å². The first-order valence-electron chi connectivity index (χ1n) is 22.4. The van der Waals surface area contributed by atoms with Crippen LogP contribution in [0.5, 0.6) is 0 Å². The number of amides is 4. The van der Waals surface area contributed by atoms with Crippen molar-refractivity contribution in [3.63, 3.8) is 0 Å². The fourth-order valence-corrected chi connectivity index (χ4v) is 11.7. The van der Waals surface area contributed by atoms with Crippen LogP contribution >= 0.6 is 0 Å². The normalized spacial score (nSPS) is 35.5. The lowest BCUT2D eigenvalue weighted by molar-refractivity contribution is -0.235. The molecule has 66 heavy (non-hydrogen) atoms. The first-order chi connectivity index (χ1) is 31.2. The predicted octanol–water partition coefficient (Wildman–Crippen LogP) is 3.54. The van der Waals surface area contributed by atoms with Gasteiger partial charge >= 0.3 is 0 Å². The van der Waals surface area contributed by atoms with Crippen LogP contribution in [0, 0.1) is 22.7 Å². The highest BCUT2D eigenvalue weighted by molar-refractivity contribution is 6.01. The van der Waals surface area contributed by atoms with Gasteiger partial charge in [-0.2, -0.15) is 0 Å². The second-order valence-corrected chi connectivity index (χ2v) is 19.1. The van der Waals surface area contributed by atoms with Gasteiger partial charge in [-0.15, -0.1) is 0 Å². The zero-order chi connectivity index (χ0) is 47.7. The number of carbonyl (C=O) groups excluding carboxylic acids is 6. The first-order valence-corrected chi connectivity index (χ1v) is 22.4. The molecule has 2 heterocycles. The van der Waals surface area contributed by atoms with E-state index in [-0.39, 0.29) is 43.7 Å². The molecule has 6 N–H and O–H groups in total. The van der Waals surface area contributed by atoms with Gasteiger partial charge in [0.1, 0.15) is 31.1 Å². The quantitative estimate of drug-likeness (QED) is 0.171. The van der Waals surface area contributed by atoms with Gasteiger partial charge in [-0.1, -0.05) is 56.3 Å². The molecule has 4 aliphatic carbocycles. The van der Waals surface area contributed by atoms with Crippen LogP contribution in [0.15, 0.2) is 84.5 Å². The van der Waals surface area contributed by atoms with Crippen LogP contribution in [-0.2, 0) is 38.2 Å². The van der Waals surface area contributed by atoms with Crippen LogP contribution < -0.4 is 16.0 Å². The summed E-state index contributed by atoms with van der Waals surface area (Å²) in [5.74, 6) is -5.06. The Morgan fingerprint density at radius 1 is 0.924 bits per heavy atom. The third-order valence-electron chi connectivity index (χ3n) is 15.4. The third kappa shape index (κ3) is 7.52. The second-order valence-electron chi connectivity index (χ2n) is 19.1. The number of nitrogens with one attached hydrogen (secondary N) is 3. The van der Waals surface area contributed by atoms with E-state index in [2.05, 4.69) is 16.0 Å².